The van der Waals surface area contributed by atoms with E-state index in [1.54, 1.807) is 0 Å². The fraction of sp³-hybridized carbons (Fsp3) is 0. The molecule has 5 nitrogen and oxygen atoms in total. The first-order chi connectivity index (χ1) is 27.2. The smallest absolute Gasteiger partial charge is 0.101 e. The molecular formula is C50H29N5. The van der Waals surface area contributed by atoms with E-state index in [9.17, 15) is 10.5 Å². The third kappa shape index (κ3) is 4.45. The molecule has 0 atom stereocenters. The summed E-state index contributed by atoms with van der Waals surface area (Å²) in [6.45, 7) is 0. The SMILES string of the molecule is N#Cc1ccc(-n2c3ccccc3c3ccccc32)c(-c2ccc(-n3c4ccccc4c4cc(C#N)c(-n5c6ccccc6c6ccccc65)cc43)cc2)c1. The Morgan fingerprint density at radius 1 is 0.345 bits per heavy atom. The van der Waals surface area contributed by atoms with Crippen LogP contribution in [-0.2, 0) is 0 Å². The molecule has 55 heavy (non-hydrogen) atoms. The standard InChI is InChI=1S/C50H29N5/c51-30-32-21-26-48(54-44-17-7-1-11-36(44)37-12-2-8-18-45(37)54)41(27-32)33-22-24-35(25-23-33)53-43-16-6-5-15-40(43)42-28-34(31-52)49(29-50(42)53)55-46-19-9-3-13-38(46)39-14-4-10-20-47(39)55/h1-29H. The van der Waals surface area contributed by atoms with Gasteiger partial charge in [0.1, 0.15) is 6.07 Å². The number of hydrogen-bond acceptors (Lipinski definition) is 2. The van der Waals surface area contributed by atoms with Gasteiger partial charge in [0.05, 0.1) is 61.7 Å². The maximum atomic E-state index is 10.6. The van der Waals surface area contributed by atoms with Crippen LogP contribution in [0.2, 0.25) is 0 Å². The maximum Gasteiger partial charge on any atom is 0.101 e. The molecule has 254 valence electrons. The van der Waals surface area contributed by atoms with Gasteiger partial charge >= 0.3 is 0 Å². The lowest BCUT2D eigenvalue weighted by Gasteiger charge is -2.16. The predicted octanol–water partition coefficient (Wildman–Crippen LogP) is 12.4. The van der Waals surface area contributed by atoms with Crippen molar-refractivity contribution < 1.29 is 0 Å². The summed E-state index contributed by atoms with van der Waals surface area (Å²) in [5.74, 6) is 0. The molecule has 3 heterocycles. The minimum Gasteiger partial charge on any atom is -0.309 e. The van der Waals surface area contributed by atoms with Crippen molar-refractivity contribution in [1.29, 1.82) is 10.5 Å². The van der Waals surface area contributed by atoms with Gasteiger partial charge in [-0.3, -0.25) is 0 Å². The zero-order chi connectivity index (χ0) is 36.6. The van der Waals surface area contributed by atoms with Crippen molar-refractivity contribution >= 4 is 65.4 Å². The highest BCUT2D eigenvalue weighted by Crippen LogP contribution is 2.40. The van der Waals surface area contributed by atoms with Gasteiger partial charge in [0.2, 0.25) is 0 Å². The molecule has 8 aromatic carbocycles. The lowest BCUT2D eigenvalue weighted by molar-refractivity contribution is 1.15. The van der Waals surface area contributed by atoms with Crippen LogP contribution in [0.4, 0.5) is 0 Å². The summed E-state index contributed by atoms with van der Waals surface area (Å²) in [4.78, 5) is 0. The first-order valence-corrected chi connectivity index (χ1v) is 18.3. The highest BCUT2D eigenvalue weighted by molar-refractivity contribution is 6.13. The first kappa shape index (κ1) is 30.7. The van der Waals surface area contributed by atoms with Gasteiger partial charge < -0.3 is 13.7 Å². The minimum absolute atomic E-state index is 0.608. The summed E-state index contributed by atoms with van der Waals surface area (Å²) in [6.07, 6.45) is 0. The van der Waals surface area contributed by atoms with Crippen LogP contribution in [0.1, 0.15) is 11.1 Å². The van der Waals surface area contributed by atoms with Crippen molar-refractivity contribution in [2.75, 3.05) is 0 Å². The molecular weight excluding hydrogens is 671 g/mol. The van der Waals surface area contributed by atoms with Crippen molar-refractivity contribution in [2.24, 2.45) is 0 Å². The second-order valence-corrected chi connectivity index (χ2v) is 14.0. The average Bonchev–Trinajstić information content (AvgIpc) is 3.88. The monoisotopic (exact) mass is 699 g/mol. The number of benzene rings is 8. The fourth-order valence-electron chi connectivity index (χ4n) is 8.74. The van der Waals surface area contributed by atoms with Crippen LogP contribution in [0.25, 0.3) is 93.6 Å². The largest absolute Gasteiger partial charge is 0.309 e. The van der Waals surface area contributed by atoms with Crippen LogP contribution in [0.3, 0.4) is 0 Å². The van der Waals surface area contributed by atoms with Gasteiger partial charge in [-0.15, -0.1) is 0 Å². The van der Waals surface area contributed by atoms with Crippen molar-refractivity contribution in [3.05, 3.63) is 187 Å². The van der Waals surface area contributed by atoms with Gasteiger partial charge in [0, 0.05) is 43.6 Å². The minimum atomic E-state index is 0.608. The molecule has 0 saturated carbocycles. The van der Waals surface area contributed by atoms with Crippen LogP contribution in [0.15, 0.2) is 176 Å². The summed E-state index contributed by atoms with van der Waals surface area (Å²) in [5, 5.41) is 27.4. The number of para-hydroxylation sites is 5. The van der Waals surface area contributed by atoms with Gasteiger partial charge in [-0.2, -0.15) is 10.5 Å². The van der Waals surface area contributed by atoms with E-state index in [-0.39, 0.29) is 0 Å². The lowest BCUT2D eigenvalue weighted by Crippen LogP contribution is -2.00. The van der Waals surface area contributed by atoms with Crippen LogP contribution < -0.4 is 0 Å². The Hall–Kier alpha value is -7.86. The zero-order valence-corrected chi connectivity index (χ0v) is 29.5. The molecule has 0 radical (unpaired) electrons. The molecule has 0 aliphatic rings. The van der Waals surface area contributed by atoms with Gasteiger partial charge in [-0.25, -0.2) is 0 Å². The Kier molecular flexibility index (Phi) is 6.61. The summed E-state index contributed by atoms with van der Waals surface area (Å²) in [5.41, 5.74) is 12.5. The Balaban J connectivity index is 1.13. The Morgan fingerprint density at radius 3 is 1.29 bits per heavy atom. The third-order valence-corrected chi connectivity index (χ3v) is 11.1. The summed E-state index contributed by atoms with van der Waals surface area (Å²) < 4.78 is 6.84. The molecule has 0 unspecified atom stereocenters. The fourth-order valence-corrected chi connectivity index (χ4v) is 8.74. The molecule has 0 saturated heterocycles. The van der Waals surface area contributed by atoms with E-state index < -0.39 is 0 Å². The van der Waals surface area contributed by atoms with Crippen molar-refractivity contribution in [3.63, 3.8) is 0 Å². The molecule has 11 rings (SSSR count). The first-order valence-electron chi connectivity index (χ1n) is 18.3. The molecule has 0 N–H and O–H groups in total. The van der Waals surface area contributed by atoms with Gasteiger partial charge in [0.25, 0.3) is 0 Å². The number of fused-ring (bicyclic) bond motifs is 9. The number of nitriles is 2. The van der Waals surface area contributed by atoms with Crippen molar-refractivity contribution in [3.8, 4) is 40.3 Å². The Labute approximate surface area is 316 Å². The van der Waals surface area contributed by atoms with E-state index in [4.69, 9.17) is 0 Å². The number of hydrogen-bond donors (Lipinski definition) is 0. The predicted molar refractivity (Wildman–Crippen MR) is 224 cm³/mol. The topological polar surface area (TPSA) is 62.4 Å². The zero-order valence-electron chi connectivity index (χ0n) is 29.5. The van der Waals surface area contributed by atoms with E-state index >= 15 is 0 Å². The molecule has 0 aliphatic heterocycles. The maximum absolute atomic E-state index is 10.6. The van der Waals surface area contributed by atoms with Crippen molar-refractivity contribution in [1.82, 2.24) is 13.7 Å². The van der Waals surface area contributed by atoms with Crippen LogP contribution in [0, 0.1) is 22.7 Å². The second kappa shape index (κ2) is 11.8. The van der Waals surface area contributed by atoms with E-state index in [0.717, 1.165) is 82.8 Å². The molecule has 0 amide bonds. The van der Waals surface area contributed by atoms with E-state index in [2.05, 4.69) is 184 Å². The molecule has 0 bridgehead atoms. The van der Waals surface area contributed by atoms with Gasteiger partial charge in [-0.1, -0.05) is 103 Å². The van der Waals surface area contributed by atoms with E-state index in [1.807, 2.05) is 18.2 Å². The average molecular weight is 700 g/mol. The van der Waals surface area contributed by atoms with Crippen LogP contribution in [-0.4, -0.2) is 13.7 Å². The summed E-state index contributed by atoms with van der Waals surface area (Å²) in [6, 6.07) is 65.9. The van der Waals surface area contributed by atoms with Gasteiger partial charge in [-0.05, 0) is 78.4 Å². The molecule has 11 aromatic rings. The quantitative estimate of drug-likeness (QED) is 0.184. The van der Waals surface area contributed by atoms with E-state index in [0.29, 0.717) is 11.1 Å². The normalized spacial score (nSPS) is 11.6. The summed E-state index contributed by atoms with van der Waals surface area (Å²) >= 11 is 0. The van der Waals surface area contributed by atoms with Gasteiger partial charge in [0.15, 0.2) is 0 Å². The number of nitrogens with zero attached hydrogens (tertiary/aromatic N) is 5. The Bertz CT molecular complexity index is 3350. The second-order valence-electron chi connectivity index (χ2n) is 14.0. The van der Waals surface area contributed by atoms with Crippen LogP contribution in [0.5, 0.6) is 0 Å². The molecule has 0 spiro atoms. The molecule has 0 aliphatic carbocycles. The van der Waals surface area contributed by atoms with Crippen LogP contribution >= 0.6 is 0 Å². The molecule has 0 fully saturated rings. The lowest BCUT2D eigenvalue weighted by atomic mass is 10.00. The summed E-state index contributed by atoms with van der Waals surface area (Å²) in [7, 11) is 0. The molecule has 3 aromatic heterocycles. The Morgan fingerprint density at radius 2 is 0.800 bits per heavy atom. The van der Waals surface area contributed by atoms with Crippen molar-refractivity contribution in [2.45, 2.75) is 0 Å². The van der Waals surface area contributed by atoms with E-state index in [1.165, 1.54) is 10.8 Å². The highest BCUT2D eigenvalue weighted by Gasteiger charge is 2.21. The molecule has 5 heteroatoms. The highest BCUT2D eigenvalue weighted by atomic mass is 15.0. The number of rotatable bonds is 4. The third-order valence-electron chi connectivity index (χ3n) is 11.1. The number of aromatic nitrogens is 3.